The number of aromatic nitrogens is 2. The minimum absolute atomic E-state index is 0.0295. The maximum absolute atomic E-state index is 11.8. The maximum Gasteiger partial charge on any atom is 0.237 e. The molecule has 1 fully saturated rings. The molecule has 1 aliphatic heterocycles. The molecule has 0 aromatic carbocycles. The van der Waals surface area contributed by atoms with Crippen molar-refractivity contribution >= 4 is 5.91 Å². The number of carbonyl (C=O) groups excluding carboxylic acids is 1. The predicted molar refractivity (Wildman–Crippen MR) is 75.0 cm³/mol. The smallest absolute Gasteiger partial charge is 0.237 e. The Balaban J connectivity index is 1.73. The van der Waals surface area contributed by atoms with Crippen molar-refractivity contribution in [3.05, 3.63) is 17.0 Å². The van der Waals surface area contributed by atoms with Crippen LogP contribution in [0, 0.1) is 13.8 Å². The van der Waals surface area contributed by atoms with Gasteiger partial charge in [0.05, 0.1) is 11.7 Å². The van der Waals surface area contributed by atoms with Crippen molar-refractivity contribution in [2.45, 2.75) is 45.6 Å². The Kier molecular flexibility index (Phi) is 4.58. The van der Waals surface area contributed by atoms with E-state index in [1.807, 2.05) is 18.7 Å². The highest BCUT2D eigenvalue weighted by Gasteiger charge is 2.21. The molecule has 1 unspecified atom stereocenters. The summed E-state index contributed by atoms with van der Waals surface area (Å²) in [6.45, 7) is 5.84. The quantitative estimate of drug-likeness (QED) is 0.775. The van der Waals surface area contributed by atoms with E-state index in [-0.39, 0.29) is 11.9 Å². The van der Waals surface area contributed by atoms with Gasteiger partial charge in [-0.2, -0.15) is 5.10 Å². The molecule has 1 aliphatic rings. The molecule has 5 heteroatoms. The highest BCUT2D eigenvalue weighted by Crippen LogP contribution is 2.13. The van der Waals surface area contributed by atoms with Crippen molar-refractivity contribution in [3.8, 4) is 0 Å². The topological polar surface area (TPSA) is 59.0 Å². The molecule has 0 saturated carbocycles. The number of nitrogens with one attached hydrogen (secondary N) is 2. The summed E-state index contributed by atoms with van der Waals surface area (Å²) in [7, 11) is 1.97. The van der Waals surface area contributed by atoms with Crippen LogP contribution in [0.15, 0.2) is 0 Å². The third-order valence-electron chi connectivity index (χ3n) is 3.94. The molecule has 1 saturated heterocycles. The fourth-order valence-corrected chi connectivity index (χ4v) is 2.69. The molecule has 2 heterocycles. The molecule has 106 valence electrons. The van der Waals surface area contributed by atoms with Gasteiger partial charge in [-0.25, -0.2) is 0 Å². The lowest BCUT2D eigenvalue weighted by atomic mass is 10.1. The highest BCUT2D eigenvalue weighted by atomic mass is 16.2. The van der Waals surface area contributed by atoms with Gasteiger partial charge in [0.2, 0.25) is 5.91 Å². The van der Waals surface area contributed by atoms with Crippen molar-refractivity contribution in [2.75, 3.05) is 13.1 Å². The Morgan fingerprint density at radius 2 is 2.32 bits per heavy atom. The zero-order chi connectivity index (χ0) is 13.8. The van der Waals surface area contributed by atoms with Gasteiger partial charge in [-0.05, 0) is 51.6 Å². The number of rotatable bonds is 5. The average molecular weight is 264 g/mol. The van der Waals surface area contributed by atoms with Crippen molar-refractivity contribution < 1.29 is 4.79 Å². The fraction of sp³-hybridized carbons (Fsp3) is 0.714. The van der Waals surface area contributed by atoms with Crippen LogP contribution in [0.25, 0.3) is 0 Å². The second-order valence-corrected chi connectivity index (χ2v) is 5.32. The van der Waals surface area contributed by atoms with Crippen molar-refractivity contribution in [2.24, 2.45) is 7.05 Å². The molecule has 1 aromatic rings. The molecule has 1 amide bonds. The Labute approximate surface area is 114 Å². The summed E-state index contributed by atoms with van der Waals surface area (Å²) in [6, 6.07) is 0.0295. The zero-order valence-electron chi connectivity index (χ0n) is 12.1. The van der Waals surface area contributed by atoms with Gasteiger partial charge in [-0.1, -0.05) is 0 Å². The summed E-state index contributed by atoms with van der Waals surface area (Å²) in [6.07, 6.45) is 4.01. The lowest BCUT2D eigenvalue weighted by molar-refractivity contribution is -0.122. The zero-order valence-corrected chi connectivity index (χ0v) is 12.1. The molecule has 0 bridgehead atoms. The van der Waals surface area contributed by atoms with Crippen LogP contribution in [-0.4, -0.2) is 34.8 Å². The van der Waals surface area contributed by atoms with Gasteiger partial charge in [-0.3, -0.25) is 9.48 Å². The normalized spacial score (nSPS) is 18.8. The Hall–Kier alpha value is -1.36. The number of nitrogens with zero attached hydrogens (tertiary/aromatic N) is 2. The molecule has 5 nitrogen and oxygen atoms in total. The average Bonchev–Trinajstić information content (AvgIpc) is 2.98. The largest absolute Gasteiger partial charge is 0.355 e. The minimum atomic E-state index is 0.0295. The minimum Gasteiger partial charge on any atom is -0.355 e. The van der Waals surface area contributed by atoms with Crippen LogP contribution in [0.5, 0.6) is 0 Å². The summed E-state index contributed by atoms with van der Waals surface area (Å²) in [5.41, 5.74) is 3.64. The first-order valence-electron chi connectivity index (χ1n) is 7.09. The van der Waals surface area contributed by atoms with E-state index in [2.05, 4.69) is 22.7 Å². The van der Waals surface area contributed by atoms with E-state index in [4.69, 9.17) is 0 Å². The third kappa shape index (κ3) is 3.35. The Bertz CT molecular complexity index is 447. The van der Waals surface area contributed by atoms with E-state index in [0.717, 1.165) is 44.5 Å². The van der Waals surface area contributed by atoms with E-state index in [1.54, 1.807) is 0 Å². The van der Waals surface area contributed by atoms with Gasteiger partial charge in [0.1, 0.15) is 0 Å². The first kappa shape index (κ1) is 14.1. The Morgan fingerprint density at radius 3 is 2.89 bits per heavy atom. The van der Waals surface area contributed by atoms with E-state index in [1.165, 1.54) is 11.3 Å². The van der Waals surface area contributed by atoms with Crippen LogP contribution in [0.2, 0.25) is 0 Å². The molecule has 0 aliphatic carbocycles. The molecule has 0 spiro atoms. The second kappa shape index (κ2) is 6.19. The molecule has 19 heavy (non-hydrogen) atoms. The van der Waals surface area contributed by atoms with Crippen LogP contribution in [-0.2, 0) is 18.3 Å². The van der Waals surface area contributed by atoms with Gasteiger partial charge in [0.15, 0.2) is 0 Å². The number of hydrogen-bond acceptors (Lipinski definition) is 3. The summed E-state index contributed by atoms with van der Waals surface area (Å²) < 4.78 is 1.92. The van der Waals surface area contributed by atoms with Gasteiger partial charge in [0.25, 0.3) is 0 Å². The van der Waals surface area contributed by atoms with E-state index < -0.39 is 0 Å². The van der Waals surface area contributed by atoms with Crippen LogP contribution in [0.1, 0.15) is 36.2 Å². The molecule has 1 aromatic heterocycles. The molecule has 2 N–H and O–H groups in total. The van der Waals surface area contributed by atoms with Gasteiger partial charge in [0, 0.05) is 19.3 Å². The summed E-state index contributed by atoms with van der Waals surface area (Å²) >= 11 is 0. The van der Waals surface area contributed by atoms with E-state index in [9.17, 15) is 4.79 Å². The summed E-state index contributed by atoms with van der Waals surface area (Å²) in [5, 5.41) is 10.6. The van der Waals surface area contributed by atoms with Crippen molar-refractivity contribution in [3.63, 3.8) is 0 Å². The van der Waals surface area contributed by atoms with Crippen LogP contribution >= 0.6 is 0 Å². The number of amides is 1. The lowest BCUT2D eigenvalue weighted by Gasteiger charge is -2.10. The summed E-state index contributed by atoms with van der Waals surface area (Å²) in [4.78, 5) is 11.8. The van der Waals surface area contributed by atoms with Gasteiger partial charge in [-0.15, -0.1) is 0 Å². The standard InChI is InChI=1S/C14H24N4O/c1-10-12(11(2)18(3)17-10)6-4-9-16-14(19)13-7-5-8-15-13/h13,15H,4-9H2,1-3H3,(H,16,19). The van der Waals surface area contributed by atoms with Gasteiger partial charge < -0.3 is 10.6 Å². The van der Waals surface area contributed by atoms with Crippen LogP contribution in [0.4, 0.5) is 0 Å². The lowest BCUT2D eigenvalue weighted by Crippen LogP contribution is -2.40. The Morgan fingerprint density at radius 1 is 1.53 bits per heavy atom. The van der Waals surface area contributed by atoms with Crippen LogP contribution in [0.3, 0.4) is 0 Å². The summed E-state index contributed by atoms with van der Waals surface area (Å²) in [5.74, 6) is 0.150. The number of carbonyl (C=O) groups is 1. The molecular weight excluding hydrogens is 240 g/mol. The molecule has 0 radical (unpaired) electrons. The second-order valence-electron chi connectivity index (χ2n) is 5.32. The molecular formula is C14H24N4O. The van der Waals surface area contributed by atoms with Crippen LogP contribution < -0.4 is 10.6 Å². The number of hydrogen-bond donors (Lipinski definition) is 2. The predicted octanol–water partition coefficient (Wildman–Crippen LogP) is 0.838. The number of aryl methyl sites for hydroxylation is 2. The monoisotopic (exact) mass is 264 g/mol. The first-order valence-corrected chi connectivity index (χ1v) is 7.09. The van der Waals surface area contributed by atoms with Crippen molar-refractivity contribution in [1.29, 1.82) is 0 Å². The SMILES string of the molecule is Cc1nn(C)c(C)c1CCCNC(=O)C1CCCN1. The first-order chi connectivity index (χ1) is 9.09. The fourth-order valence-electron chi connectivity index (χ4n) is 2.69. The molecule has 2 rings (SSSR count). The third-order valence-corrected chi connectivity index (χ3v) is 3.94. The highest BCUT2D eigenvalue weighted by molar-refractivity contribution is 5.81. The molecule has 1 atom stereocenters. The van der Waals surface area contributed by atoms with Gasteiger partial charge >= 0.3 is 0 Å². The van der Waals surface area contributed by atoms with E-state index >= 15 is 0 Å². The van der Waals surface area contributed by atoms with Crippen molar-refractivity contribution in [1.82, 2.24) is 20.4 Å². The maximum atomic E-state index is 11.8. The van der Waals surface area contributed by atoms with E-state index in [0.29, 0.717) is 0 Å².